The van der Waals surface area contributed by atoms with Gasteiger partial charge >= 0.3 is 0 Å². The topological polar surface area (TPSA) is 75.4 Å². The Morgan fingerprint density at radius 1 is 0.960 bits per heavy atom. The zero-order chi connectivity index (χ0) is 17.6. The molecule has 5 nitrogen and oxygen atoms in total. The van der Waals surface area contributed by atoms with Gasteiger partial charge in [-0.25, -0.2) is 0 Å². The molecule has 0 atom stereocenters. The molecule has 3 N–H and O–H groups in total. The molecule has 1 saturated heterocycles. The molecule has 130 valence electrons. The second kappa shape index (κ2) is 7.94. The highest BCUT2D eigenvalue weighted by atomic mass is 16.2. The Morgan fingerprint density at radius 2 is 1.60 bits per heavy atom. The van der Waals surface area contributed by atoms with Crippen LogP contribution in [-0.4, -0.2) is 35.8 Å². The van der Waals surface area contributed by atoms with Crippen LogP contribution >= 0.6 is 0 Å². The van der Waals surface area contributed by atoms with Crippen molar-refractivity contribution in [2.24, 2.45) is 5.73 Å². The molecule has 1 heterocycles. The number of nitrogens with one attached hydrogen (secondary N) is 1. The van der Waals surface area contributed by atoms with Crippen molar-refractivity contribution in [3.05, 3.63) is 71.3 Å². The first kappa shape index (κ1) is 17.2. The first-order chi connectivity index (χ1) is 12.1. The maximum atomic E-state index is 12.2. The molecule has 2 aromatic rings. The van der Waals surface area contributed by atoms with E-state index >= 15 is 0 Å². The summed E-state index contributed by atoms with van der Waals surface area (Å²) < 4.78 is 0. The van der Waals surface area contributed by atoms with Gasteiger partial charge in [-0.15, -0.1) is 0 Å². The van der Waals surface area contributed by atoms with Gasteiger partial charge in [-0.05, 0) is 42.7 Å². The van der Waals surface area contributed by atoms with E-state index < -0.39 is 5.91 Å². The minimum absolute atomic E-state index is 0.00101. The second-order valence-electron chi connectivity index (χ2n) is 6.45. The quantitative estimate of drug-likeness (QED) is 0.878. The van der Waals surface area contributed by atoms with Crippen LogP contribution in [0.15, 0.2) is 54.6 Å². The maximum Gasteiger partial charge on any atom is 0.251 e. The summed E-state index contributed by atoms with van der Waals surface area (Å²) in [6, 6.07) is 17.0. The molecule has 0 saturated carbocycles. The Bertz CT molecular complexity index is 720. The molecule has 25 heavy (non-hydrogen) atoms. The van der Waals surface area contributed by atoms with Crippen LogP contribution in [0.5, 0.6) is 0 Å². The van der Waals surface area contributed by atoms with E-state index in [1.807, 2.05) is 42.5 Å². The third-order valence-corrected chi connectivity index (χ3v) is 4.60. The highest BCUT2D eigenvalue weighted by Gasteiger charge is 2.21. The van der Waals surface area contributed by atoms with Crippen LogP contribution in [0.2, 0.25) is 0 Å². The number of primary amides is 1. The molecule has 0 spiro atoms. The lowest BCUT2D eigenvalue weighted by atomic mass is 10.0. The summed E-state index contributed by atoms with van der Waals surface area (Å²) in [7, 11) is 0. The third kappa shape index (κ3) is 4.67. The normalized spacial score (nSPS) is 15.7. The molecule has 2 aromatic carbocycles. The minimum Gasteiger partial charge on any atom is -0.366 e. The number of piperidine rings is 1. The van der Waals surface area contributed by atoms with E-state index in [0.717, 1.165) is 38.0 Å². The van der Waals surface area contributed by atoms with E-state index in [9.17, 15) is 9.59 Å². The number of nitrogens with zero attached hydrogens (tertiary/aromatic N) is 1. The van der Waals surface area contributed by atoms with Gasteiger partial charge in [-0.3, -0.25) is 14.5 Å². The van der Waals surface area contributed by atoms with Crippen molar-refractivity contribution >= 4 is 11.8 Å². The molecular formula is C20H23N3O2. The fourth-order valence-corrected chi connectivity index (χ4v) is 3.13. The Kier molecular flexibility index (Phi) is 5.46. The van der Waals surface area contributed by atoms with Crippen LogP contribution in [0.1, 0.15) is 39.1 Å². The van der Waals surface area contributed by atoms with Crippen LogP contribution in [-0.2, 0) is 6.54 Å². The molecule has 5 heteroatoms. The van der Waals surface area contributed by atoms with Crippen molar-refractivity contribution < 1.29 is 9.59 Å². The van der Waals surface area contributed by atoms with Crippen LogP contribution < -0.4 is 11.1 Å². The van der Waals surface area contributed by atoms with Crippen LogP contribution in [0.25, 0.3) is 0 Å². The third-order valence-electron chi connectivity index (χ3n) is 4.60. The van der Waals surface area contributed by atoms with Crippen molar-refractivity contribution in [2.75, 3.05) is 13.1 Å². The van der Waals surface area contributed by atoms with E-state index in [1.165, 1.54) is 0 Å². The van der Waals surface area contributed by atoms with Crippen molar-refractivity contribution in [3.63, 3.8) is 0 Å². The summed E-state index contributed by atoms with van der Waals surface area (Å²) in [4.78, 5) is 25.7. The summed E-state index contributed by atoms with van der Waals surface area (Å²) in [6.45, 7) is 2.73. The Morgan fingerprint density at radius 3 is 2.20 bits per heavy atom. The number of hydrogen-bond donors (Lipinski definition) is 2. The van der Waals surface area contributed by atoms with Gasteiger partial charge in [0.05, 0.1) is 0 Å². The molecule has 1 fully saturated rings. The first-order valence-corrected chi connectivity index (χ1v) is 8.59. The highest BCUT2D eigenvalue weighted by molar-refractivity contribution is 5.94. The molecule has 0 bridgehead atoms. The fourth-order valence-electron chi connectivity index (χ4n) is 3.13. The average molecular weight is 337 g/mol. The number of likely N-dealkylation sites (tertiary alicyclic amines) is 1. The lowest BCUT2D eigenvalue weighted by molar-refractivity contribution is 0.0908. The highest BCUT2D eigenvalue weighted by Crippen LogP contribution is 2.15. The maximum absolute atomic E-state index is 12.2. The first-order valence-electron chi connectivity index (χ1n) is 8.59. The SMILES string of the molecule is NC(=O)c1ccc(CN2CCC(NC(=O)c3ccccc3)CC2)cc1. The number of benzene rings is 2. The van der Waals surface area contributed by atoms with Gasteiger partial charge in [0.15, 0.2) is 0 Å². The van der Waals surface area contributed by atoms with E-state index in [-0.39, 0.29) is 11.9 Å². The Hall–Kier alpha value is -2.66. The molecule has 0 aromatic heterocycles. The summed E-state index contributed by atoms with van der Waals surface area (Å²) in [6.07, 6.45) is 1.88. The molecule has 0 radical (unpaired) electrons. The largest absolute Gasteiger partial charge is 0.366 e. The van der Waals surface area contributed by atoms with E-state index in [4.69, 9.17) is 5.73 Å². The smallest absolute Gasteiger partial charge is 0.251 e. The number of carbonyl (C=O) groups excluding carboxylic acids is 2. The van der Waals surface area contributed by atoms with Crippen molar-refractivity contribution in [3.8, 4) is 0 Å². The van der Waals surface area contributed by atoms with Crippen molar-refractivity contribution in [1.29, 1.82) is 0 Å². The fraction of sp³-hybridized carbons (Fsp3) is 0.300. The molecule has 2 amide bonds. The monoisotopic (exact) mass is 337 g/mol. The lowest BCUT2D eigenvalue weighted by Crippen LogP contribution is -2.44. The van der Waals surface area contributed by atoms with Gasteiger partial charge < -0.3 is 11.1 Å². The van der Waals surface area contributed by atoms with E-state index in [1.54, 1.807) is 12.1 Å². The molecular weight excluding hydrogens is 314 g/mol. The number of carbonyl (C=O) groups is 2. The molecule has 3 rings (SSSR count). The van der Waals surface area contributed by atoms with Crippen molar-refractivity contribution in [1.82, 2.24) is 10.2 Å². The van der Waals surface area contributed by atoms with Crippen LogP contribution in [0.4, 0.5) is 0 Å². The standard InChI is InChI=1S/C20H23N3O2/c21-19(24)16-8-6-15(7-9-16)14-23-12-10-18(11-13-23)22-20(25)17-4-2-1-3-5-17/h1-9,18H,10-14H2,(H2,21,24)(H,22,25). The molecule has 1 aliphatic rings. The van der Waals surface area contributed by atoms with Gasteiger partial charge in [0.2, 0.25) is 5.91 Å². The Balaban J connectivity index is 1.47. The molecule has 1 aliphatic heterocycles. The number of rotatable bonds is 5. The lowest BCUT2D eigenvalue weighted by Gasteiger charge is -2.32. The van der Waals surface area contributed by atoms with Crippen LogP contribution in [0, 0.1) is 0 Å². The number of hydrogen-bond acceptors (Lipinski definition) is 3. The summed E-state index contributed by atoms with van der Waals surface area (Å²) >= 11 is 0. The molecule has 0 aliphatic carbocycles. The Labute approximate surface area is 147 Å². The van der Waals surface area contributed by atoms with Gasteiger partial charge in [-0.1, -0.05) is 30.3 Å². The summed E-state index contributed by atoms with van der Waals surface area (Å²) in [5.41, 5.74) is 7.67. The van der Waals surface area contributed by atoms with E-state index in [2.05, 4.69) is 10.2 Å². The number of amides is 2. The van der Waals surface area contributed by atoms with Gasteiger partial charge in [0.25, 0.3) is 5.91 Å². The minimum atomic E-state index is -0.401. The van der Waals surface area contributed by atoms with Gasteiger partial charge in [0.1, 0.15) is 0 Å². The predicted molar refractivity (Wildman–Crippen MR) is 97.2 cm³/mol. The zero-order valence-electron chi connectivity index (χ0n) is 14.2. The summed E-state index contributed by atoms with van der Waals surface area (Å²) in [5.74, 6) is -0.400. The van der Waals surface area contributed by atoms with Crippen LogP contribution in [0.3, 0.4) is 0 Å². The van der Waals surface area contributed by atoms with Gasteiger partial charge in [-0.2, -0.15) is 0 Å². The van der Waals surface area contributed by atoms with Gasteiger partial charge in [0, 0.05) is 36.8 Å². The number of nitrogens with two attached hydrogens (primary N) is 1. The second-order valence-corrected chi connectivity index (χ2v) is 6.45. The zero-order valence-corrected chi connectivity index (χ0v) is 14.2. The molecule has 0 unspecified atom stereocenters. The predicted octanol–water partition coefficient (Wildman–Crippen LogP) is 2.18. The average Bonchev–Trinajstić information content (AvgIpc) is 2.64. The van der Waals surface area contributed by atoms with Crippen molar-refractivity contribution in [2.45, 2.75) is 25.4 Å². The van der Waals surface area contributed by atoms with E-state index in [0.29, 0.717) is 11.1 Å². The summed E-state index contributed by atoms with van der Waals surface area (Å²) in [5, 5.41) is 3.12.